The van der Waals surface area contributed by atoms with E-state index in [-0.39, 0.29) is 10.7 Å². The Morgan fingerprint density at radius 3 is 2.74 bits per heavy atom. The lowest BCUT2D eigenvalue weighted by molar-refractivity contribution is 0.601. The molecular weight excluding hydrogens is 334 g/mol. The molecule has 0 aliphatic rings. The van der Waals surface area contributed by atoms with Crippen LogP contribution in [0.1, 0.15) is 5.56 Å². The zero-order valence-electron chi connectivity index (χ0n) is 9.38. The first-order valence-corrected chi connectivity index (χ1v) is 7.23. The summed E-state index contributed by atoms with van der Waals surface area (Å²) in [4.78, 5) is -0.135. The average molecular weight is 342 g/mol. The fraction of sp³-hybridized carbons (Fsp3) is 0. The van der Waals surface area contributed by atoms with Gasteiger partial charge in [-0.1, -0.05) is 0 Å². The van der Waals surface area contributed by atoms with Crippen molar-refractivity contribution in [1.82, 2.24) is 10.2 Å². The van der Waals surface area contributed by atoms with Crippen molar-refractivity contribution >= 4 is 37.5 Å². The van der Waals surface area contributed by atoms with E-state index in [4.69, 9.17) is 11.0 Å². The number of H-pyrrole nitrogens is 1. The van der Waals surface area contributed by atoms with Gasteiger partial charge in [-0.05, 0) is 34.1 Å². The molecule has 0 aliphatic carbocycles. The summed E-state index contributed by atoms with van der Waals surface area (Å²) >= 11 is 3.19. The molecule has 98 valence electrons. The highest BCUT2D eigenvalue weighted by Crippen LogP contribution is 2.26. The van der Waals surface area contributed by atoms with Gasteiger partial charge in [0.05, 0.1) is 23.5 Å². The summed E-state index contributed by atoms with van der Waals surface area (Å²) in [5.41, 5.74) is 6.19. The molecule has 0 saturated heterocycles. The second-order valence-electron chi connectivity index (χ2n) is 3.56. The predicted molar refractivity (Wildman–Crippen MR) is 72.7 cm³/mol. The molecule has 0 fully saturated rings. The van der Waals surface area contributed by atoms with E-state index in [9.17, 15) is 8.42 Å². The summed E-state index contributed by atoms with van der Waals surface area (Å²) in [7, 11) is -3.82. The number of nitriles is 1. The van der Waals surface area contributed by atoms with Gasteiger partial charge in [-0.25, -0.2) is 8.42 Å². The van der Waals surface area contributed by atoms with Crippen LogP contribution >= 0.6 is 15.9 Å². The Labute approximate surface area is 117 Å². The van der Waals surface area contributed by atoms with Crippen LogP contribution in [-0.4, -0.2) is 18.6 Å². The lowest BCUT2D eigenvalue weighted by Crippen LogP contribution is -2.14. The lowest BCUT2D eigenvalue weighted by atomic mass is 10.2. The number of anilines is 2. The van der Waals surface area contributed by atoms with E-state index in [1.54, 1.807) is 0 Å². The number of rotatable bonds is 3. The number of sulfonamides is 1. The van der Waals surface area contributed by atoms with Gasteiger partial charge in [0.1, 0.15) is 10.7 Å². The van der Waals surface area contributed by atoms with Crippen LogP contribution in [0.5, 0.6) is 0 Å². The van der Waals surface area contributed by atoms with Crippen LogP contribution in [0.3, 0.4) is 0 Å². The molecular formula is C10H8BrN5O2S. The molecule has 1 heterocycles. The Bertz CT molecular complexity index is 762. The van der Waals surface area contributed by atoms with Crippen molar-refractivity contribution in [3.63, 3.8) is 0 Å². The van der Waals surface area contributed by atoms with Gasteiger partial charge in [-0.3, -0.25) is 9.82 Å². The van der Waals surface area contributed by atoms with Gasteiger partial charge >= 0.3 is 0 Å². The van der Waals surface area contributed by atoms with E-state index in [0.717, 1.165) is 6.20 Å². The van der Waals surface area contributed by atoms with E-state index < -0.39 is 10.0 Å². The fourth-order valence-electron chi connectivity index (χ4n) is 1.37. The molecule has 0 aliphatic heterocycles. The van der Waals surface area contributed by atoms with Crippen molar-refractivity contribution in [2.45, 2.75) is 4.90 Å². The second kappa shape index (κ2) is 4.91. The molecule has 1 aromatic carbocycles. The summed E-state index contributed by atoms with van der Waals surface area (Å²) in [6.07, 6.45) is 1.12. The topological polar surface area (TPSA) is 125 Å². The number of nitrogens with one attached hydrogen (secondary N) is 2. The van der Waals surface area contributed by atoms with Crippen molar-refractivity contribution in [2.75, 3.05) is 10.5 Å². The van der Waals surface area contributed by atoms with Gasteiger partial charge in [-0.2, -0.15) is 10.4 Å². The largest absolute Gasteiger partial charge is 0.383 e. The first kappa shape index (κ1) is 13.4. The van der Waals surface area contributed by atoms with Gasteiger partial charge in [-0.15, -0.1) is 0 Å². The standard InChI is InChI=1S/C10H8BrN5O2S/c11-7-3-6(4-12)1-2-8(7)16-19(17,18)9-5-14-15-10(9)13/h1-3,5,16H,(H3,13,14,15). The Hall–Kier alpha value is -2.05. The molecule has 9 heteroatoms. The summed E-state index contributed by atoms with van der Waals surface area (Å²) in [5, 5.41) is 14.6. The molecule has 0 saturated carbocycles. The number of halogens is 1. The summed E-state index contributed by atoms with van der Waals surface area (Å²) in [5.74, 6) is -0.0442. The third kappa shape index (κ3) is 2.69. The molecule has 7 nitrogen and oxygen atoms in total. The van der Waals surface area contributed by atoms with Crippen molar-refractivity contribution < 1.29 is 8.42 Å². The SMILES string of the molecule is N#Cc1ccc(NS(=O)(=O)c2cn[nH]c2N)c(Br)c1. The van der Waals surface area contributed by atoms with Crippen LogP contribution in [0.25, 0.3) is 0 Å². The third-order valence-corrected chi connectivity index (χ3v) is 4.31. The maximum absolute atomic E-state index is 12.1. The van der Waals surface area contributed by atoms with E-state index >= 15 is 0 Å². The number of hydrogen-bond acceptors (Lipinski definition) is 5. The van der Waals surface area contributed by atoms with Gasteiger partial charge in [0, 0.05) is 4.47 Å². The van der Waals surface area contributed by atoms with Crippen molar-refractivity contribution in [3.05, 3.63) is 34.4 Å². The maximum Gasteiger partial charge on any atom is 0.267 e. The van der Waals surface area contributed by atoms with E-state index in [0.29, 0.717) is 15.7 Å². The maximum atomic E-state index is 12.1. The quantitative estimate of drug-likeness (QED) is 0.778. The van der Waals surface area contributed by atoms with E-state index in [1.807, 2.05) is 6.07 Å². The smallest absolute Gasteiger partial charge is 0.267 e. The first-order chi connectivity index (χ1) is 8.94. The number of nitrogens with two attached hydrogens (primary N) is 1. The van der Waals surface area contributed by atoms with Crippen LogP contribution in [0.2, 0.25) is 0 Å². The summed E-state index contributed by atoms with van der Waals surface area (Å²) in [6.45, 7) is 0. The molecule has 0 radical (unpaired) electrons. The summed E-state index contributed by atoms with van der Waals surface area (Å²) in [6, 6.07) is 6.45. The second-order valence-corrected chi connectivity index (χ2v) is 6.07. The normalized spacial score (nSPS) is 10.9. The molecule has 2 rings (SSSR count). The molecule has 1 aromatic heterocycles. The molecule has 2 aromatic rings. The lowest BCUT2D eigenvalue weighted by Gasteiger charge is -2.08. The van der Waals surface area contributed by atoms with E-state index in [2.05, 4.69) is 30.8 Å². The monoisotopic (exact) mass is 341 g/mol. The van der Waals surface area contributed by atoms with Gasteiger partial charge < -0.3 is 5.73 Å². The zero-order chi connectivity index (χ0) is 14.0. The third-order valence-electron chi connectivity index (χ3n) is 2.26. The Balaban J connectivity index is 2.37. The minimum absolute atomic E-state index is 0.0442. The minimum atomic E-state index is -3.82. The number of hydrogen-bond donors (Lipinski definition) is 3. The van der Waals surface area contributed by atoms with E-state index in [1.165, 1.54) is 18.2 Å². The number of aromatic amines is 1. The minimum Gasteiger partial charge on any atom is -0.383 e. The number of nitrogens with zero attached hydrogens (tertiary/aromatic N) is 2. The molecule has 0 unspecified atom stereocenters. The van der Waals surface area contributed by atoms with Gasteiger partial charge in [0.2, 0.25) is 0 Å². The Kier molecular flexibility index (Phi) is 3.46. The van der Waals surface area contributed by atoms with Crippen LogP contribution < -0.4 is 10.5 Å². The number of benzene rings is 1. The fourth-order valence-corrected chi connectivity index (χ4v) is 3.08. The highest BCUT2D eigenvalue weighted by atomic mass is 79.9. The Morgan fingerprint density at radius 1 is 1.47 bits per heavy atom. The number of nitrogen functional groups attached to an aromatic ring is 1. The van der Waals surface area contributed by atoms with Gasteiger partial charge in [0.15, 0.2) is 0 Å². The molecule has 0 bridgehead atoms. The molecule has 0 atom stereocenters. The van der Waals surface area contributed by atoms with Gasteiger partial charge in [0.25, 0.3) is 10.0 Å². The first-order valence-electron chi connectivity index (χ1n) is 4.95. The highest BCUT2D eigenvalue weighted by molar-refractivity contribution is 9.10. The summed E-state index contributed by atoms with van der Waals surface area (Å²) < 4.78 is 26.9. The van der Waals surface area contributed by atoms with Crippen LogP contribution in [0.4, 0.5) is 11.5 Å². The Morgan fingerprint density at radius 2 is 2.21 bits per heavy atom. The van der Waals surface area contributed by atoms with Crippen LogP contribution in [-0.2, 0) is 10.0 Å². The van der Waals surface area contributed by atoms with Crippen molar-refractivity contribution in [1.29, 1.82) is 5.26 Å². The van der Waals surface area contributed by atoms with Crippen molar-refractivity contribution in [2.24, 2.45) is 0 Å². The molecule has 0 spiro atoms. The highest BCUT2D eigenvalue weighted by Gasteiger charge is 2.20. The predicted octanol–water partition coefficient (Wildman–Crippen LogP) is 1.43. The molecule has 19 heavy (non-hydrogen) atoms. The number of aromatic nitrogens is 2. The molecule has 4 N–H and O–H groups in total. The molecule has 0 amide bonds. The zero-order valence-corrected chi connectivity index (χ0v) is 11.8. The van der Waals surface area contributed by atoms with Crippen molar-refractivity contribution in [3.8, 4) is 6.07 Å². The van der Waals surface area contributed by atoms with Crippen LogP contribution in [0.15, 0.2) is 33.8 Å². The van der Waals surface area contributed by atoms with Crippen LogP contribution in [0, 0.1) is 11.3 Å². The average Bonchev–Trinajstić information content (AvgIpc) is 2.79.